The van der Waals surface area contributed by atoms with Crippen LogP contribution in [0.25, 0.3) is 22.0 Å². The van der Waals surface area contributed by atoms with E-state index < -0.39 is 0 Å². The fraction of sp³-hybridized carbons (Fsp3) is 0.105. The predicted molar refractivity (Wildman–Crippen MR) is 99.7 cm³/mol. The molecule has 0 saturated heterocycles. The minimum absolute atomic E-state index is 0.275. The summed E-state index contributed by atoms with van der Waals surface area (Å²) in [4.78, 5) is 17.8. The van der Waals surface area contributed by atoms with E-state index in [-0.39, 0.29) is 11.7 Å². The van der Waals surface area contributed by atoms with Crippen molar-refractivity contribution in [1.29, 1.82) is 0 Å². The van der Waals surface area contributed by atoms with Crippen molar-refractivity contribution in [1.82, 2.24) is 20.5 Å². The summed E-state index contributed by atoms with van der Waals surface area (Å²) in [5.74, 6) is 0.113. The van der Waals surface area contributed by atoms with Gasteiger partial charge in [0, 0.05) is 10.4 Å². The second-order valence-electron chi connectivity index (χ2n) is 5.86. The Morgan fingerprint density at radius 3 is 2.85 bits per heavy atom. The van der Waals surface area contributed by atoms with Crippen LogP contribution in [0.2, 0.25) is 0 Å². The molecule has 0 saturated carbocycles. The maximum atomic E-state index is 13.0. The lowest BCUT2D eigenvalue weighted by Crippen LogP contribution is -2.23. The lowest BCUT2D eigenvalue weighted by Gasteiger charge is -2.01. The number of rotatable bonds is 5. The number of H-pyrrole nitrogens is 1. The molecule has 0 aliphatic carbocycles. The average Bonchev–Trinajstić information content (AvgIpc) is 3.41. The minimum atomic E-state index is -0.318. The van der Waals surface area contributed by atoms with Crippen LogP contribution in [0.1, 0.15) is 21.1 Å². The predicted octanol–water partition coefficient (Wildman–Crippen LogP) is 4.17. The van der Waals surface area contributed by atoms with Crippen LogP contribution in [0, 0.1) is 12.7 Å². The number of aromatic amines is 1. The molecular formula is C19H15FN4O2S. The number of carbonyl (C=O) groups is 1. The van der Waals surface area contributed by atoms with Crippen molar-refractivity contribution in [2.45, 2.75) is 13.5 Å². The monoisotopic (exact) mass is 382 g/mol. The van der Waals surface area contributed by atoms with E-state index in [2.05, 4.69) is 20.5 Å². The Morgan fingerprint density at radius 1 is 1.30 bits per heavy atom. The lowest BCUT2D eigenvalue weighted by atomic mass is 10.1. The Morgan fingerprint density at radius 2 is 2.11 bits per heavy atom. The van der Waals surface area contributed by atoms with Gasteiger partial charge in [-0.2, -0.15) is 5.10 Å². The molecule has 8 heteroatoms. The van der Waals surface area contributed by atoms with Crippen molar-refractivity contribution >= 4 is 17.2 Å². The van der Waals surface area contributed by atoms with Crippen LogP contribution >= 0.6 is 11.3 Å². The fourth-order valence-electron chi connectivity index (χ4n) is 2.56. The van der Waals surface area contributed by atoms with Gasteiger partial charge in [0.05, 0.1) is 24.2 Å². The Labute approximate surface area is 158 Å². The van der Waals surface area contributed by atoms with E-state index in [1.807, 2.05) is 19.1 Å². The second kappa shape index (κ2) is 7.16. The number of benzene rings is 1. The van der Waals surface area contributed by atoms with E-state index in [9.17, 15) is 9.18 Å². The first kappa shape index (κ1) is 17.2. The molecule has 1 amide bonds. The molecule has 0 unspecified atom stereocenters. The summed E-state index contributed by atoms with van der Waals surface area (Å²) in [5, 5.41) is 10.5. The summed E-state index contributed by atoms with van der Waals surface area (Å²) in [6.07, 6.45) is 1.60. The zero-order valence-corrected chi connectivity index (χ0v) is 15.1. The summed E-state index contributed by atoms with van der Waals surface area (Å²) >= 11 is 1.48. The third kappa shape index (κ3) is 3.65. The molecule has 2 N–H and O–H groups in total. The van der Waals surface area contributed by atoms with Gasteiger partial charge in [-0.05, 0) is 49.4 Å². The van der Waals surface area contributed by atoms with Crippen molar-refractivity contribution < 1.29 is 13.6 Å². The van der Waals surface area contributed by atoms with Gasteiger partial charge in [0.1, 0.15) is 11.5 Å². The molecule has 0 spiro atoms. The summed E-state index contributed by atoms with van der Waals surface area (Å²) in [6, 6.07) is 11.2. The standard InChI is InChI=1S/C19H15FN4O2S/c1-11-17(27-19(22-11)16-3-2-8-26-16)10-21-18(25)15-9-14(23-24-15)12-4-6-13(20)7-5-12/h2-9H,10H2,1H3,(H,21,25)(H,23,24). The molecule has 0 aliphatic heterocycles. The smallest absolute Gasteiger partial charge is 0.269 e. The van der Waals surface area contributed by atoms with Crippen LogP contribution < -0.4 is 5.32 Å². The second-order valence-corrected chi connectivity index (χ2v) is 6.94. The third-order valence-corrected chi connectivity index (χ3v) is 5.17. The number of halogens is 1. The van der Waals surface area contributed by atoms with Gasteiger partial charge in [-0.1, -0.05) is 0 Å². The van der Waals surface area contributed by atoms with E-state index in [0.717, 1.165) is 21.1 Å². The number of aromatic nitrogens is 3. The van der Waals surface area contributed by atoms with Gasteiger partial charge in [0.15, 0.2) is 10.8 Å². The maximum Gasteiger partial charge on any atom is 0.269 e. The van der Waals surface area contributed by atoms with Crippen LogP contribution in [0.3, 0.4) is 0 Å². The van der Waals surface area contributed by atoms with E-state index in [1.165, 1.54) is 23.5 Å². The van der Waals surface area contributed by atoms with Gasteiger partial charge in [0.2, 0.25) is 0 Å². The van der Waals surface area contributed by atoms with Gasteiger partial charge in [-0.15, -0.1) is 11.3 Å². The van der Waals surface area contributed by atoms with Crippen LogP contribution in [-0.4, -0.2) is 21.1 Å². The molecule has 3 aromatic heterocycles. The highest BCUT2D eigenvalue weighted by atomic mass is 32.1. The van der Waals surface area contributed by atoms with Gasteiger partial charge in [-0.25, -0.2) is 9.37 Å². The first-order chi connectivity index (χ1) is 13.1. The van der Waals surface area contributed by atoms with Crippen LogP contribution in [0.4, 0.5) is 4.39 Å². The number of amides is 1. The van der Waals surface area contributed by atoms with Crippen molar-refractivity contribution in [2.75, 3.05) is 0 Å². The normalized spacial score (nSPS) is 10.9. The molecule has 4 rings (SSSR count). The maximum absolute atomic E-state index is 13.0. The highest BCUT2D eigenvalue weighted by Gasteiger charge is 2.14. The van der Waals surface area contributed by atoms with Gasteiger partial charge in [0.25, 0.3) is 5.91 Å². The molecule has 4 aromatic rings. The topological polar surface area (TPSA) is 83.8 Å². The minimum Gasteiger partial charge on any atom is -0.462 e. The molecule has 3 heterocycles. The van der Waals surface area contributed by atoms with Crippen LogP contribution in [0.5, 0.6) is 0 Å². The van der Waals surface area contributed by atoms with Crippen molar-refractivity contribution in [2.24, 2.45) is 0 Å². The summed E-state index contributed by atoms with van der Waals surface area (Å²) in [6.45, 7) is 2.25. The van der Waals surface area contributed by atoms with Gasteiger partial charge < -0.3 is 9.73 Å². The Bertz CT molecular complexity index is 1070. The highest BCUT2D eigenvalue weighted by Crippen LogP contribution is 2.28. The average molecular weight is 382 g/mol. The molecule has 0 atom stereocenters. The largest absolute Gasteiger partial charge is 0.462 e. The summed E-state index contributed by atoms with van der Waals surface area (Å²) in [7, 11) is 0. The molecule has 0 radical (unpaired) electrons. The molecule has 1 aromatic carbocycles. The fourth-order valence-corrected chi connectivity index (χ4v) is 3.53. The van der Waals surface area contributed by atoms with Gasteiger partial charge >= 0.3 is 0 Å². The van der Waals surface area contributed by atoms with E-state index >= 15 is 0 Å². The third-order valence-electron chi connectivity index (χ3n) is 4.00. The Kier molecular flexibility index (Phi) is 4.55. The molecular weight excluding hydrogens is 367 g/mol. The SMILES string of the molecule is Cc1nc(-c2ccco2)sc1CNC(=O)c1cc(-c2ccc(F)cc2)n[nH]1. The number of hydrogen-bond donors (Lipinski definition) is 2. The Balaban J connectivity index is 1.44. The quantitative estimate of drug-likeness (QED) is 0.543. The van der Waals surface area contributed by atoms with E-state index in [0.29, 0.717) is 23.7 Å². The number of thiazole rings is 1. The van der Waals surface area contributed by atoms with Crippen LogP contribution in [0.15, 0.2) is 53.1 Å². The molecule has 0 aliphatic rings. The number of furan rings is 1. The molecule has 0 bridgehead atoms. The number of aryl methyl sites for hydroxylation is 1. The zero-order chi connectivity index (χ0) is 18.8. The number of nitrogens with zero attached hydrogens (tertiary/aromatic N) is 2. The summed E-state index contributed by atoms with van der Waals surface area (Å²) in [5.41, 5.74) is 2.49. The van der Waals surface area contributed by atoms with Crippen molar-refractivity contribution in [3.63, 3.8) is 0 Å². The van der Waals surface area contributed by atoms with Gasteiger partial charge in [-0.3, -0.25) is 9.89 Å². The first-order valence-electron chi connectivity index (χ1n) is 8.20. The number of hydrogen-bond acceptors (Lipinski definition) is 5. The number of nitrogens with one attached hydrogen (secondary N) is 2. The summed E-state index contributed by atoms with van der Waals surface area (Å²) < 4.78 is 18.4. The Hall–Kier alpha value is -3.26. The van der Waals surface area contributed by atoms with E-state index in [4.69, 9.17) is 4.42 Å². The number of carbonyl (C=O) groups excluding carboxylic acids is 1. The van der Waals surface area contributed by atoms with Crippen molar-refractivity contribution in [3.05, 3.63) is 70.8 Å². The highest BCUT2D eigenvalue weighted by molar-refractivity contribution is 7.15. The van der Waals surface area contributed by atoms with E-state index in [1.54, 1.807) is 24.5 Å². The van der Waals surface area contributed by atoms with Crippen LogP contribution in [-0.2, 0) is 6.54 Å². The van der Waals surface area contributed by atoms with Crippen molar-refractivity contribution in [3.8, 4) is 22.0 Å². The lowest BCUT2D eigenvalue weighted by molar-refractivity contribution is 0.0946. The molecule has 136 valence electrons. The molecule has 0 fully saturated rings. The molecule has 27 heavy (non-hydrogen) atoms. The zero-order valence-electron chi connectivity index (χ0n) is 14.3. The first-order valence-corrected chi connectivity index (χ1v) is 9.01. The molecule has 6 nitrogen and oxygen atoms in total.